The van der Waals surface area contributed by atoms with Crippen LogP contribution in [0.1, 0.15) is 15.9 Å². The fourth-order valence-corrected chi connectivity index (χ4v) is 3.78. The van der Waals surface area contributed by atoms with Crippen LogP contribution in [-0.2, 0) is 4.79 Å². The largest absolute Gasteiger partial charge is 0.478 e. The van der Waals surface area contributed by atoms with Crippen LogP contribution in [0.25, 0.3) is 6.08 Å². The molecule has 1 N–H and O–H groups in total. The Kier molecular flexibility index (Phi) is 5.22. The monoisotopic (exact) mass is 401 g/mol. The molecule has 6 nitrogen and oxygen atoms in total. The first-order valence-electron chi connectivity index (χ1n) is 8.73. The first-order valence-corrected chi connectivity index (χ1v) is 9.54. The lowest BCUT2D eigenvalue weighted by Gasteiger charge is -2.15. The minimum absolute atomic E-state index is 0.139. The Bertz CT molecular complexity index is 1130. The molecule has 2 aromatic carbocycles. The van der Waals surface area contributed by atoms with Crippen molar-refractivity contribution < 1.29 is 14.7 Å². The number of anilines is 1. The molecule has 1 amide bonds. The number of rotatable bonds is 4. The summed E-state index contributed by atoms with van der Waals surface area (Å²) in [6, 6.07) is 19.2. The molecule has 0 aliphatic carbocycles. The number of carbonyl (C=O) groups is 2. The summed E-state index contributed by atoms with van der Waals surface area (Å²) >= 11 is 1.25. The number of carboxylic acid groups (broad SMARTS) is 1. The van der Waals surface area contributed by atoms with Gasteiger partial charge in [0.1, 0.15) is 0 Å². The van der Waals surface area contributed by atoms with Gasteiger partial charge in [0.25, 0.3) is 5.91 Å². The maximum Gasteiger partial charge on any atom is 0.335 e. The zero-order chi connectivity index (χ0) is 20.2. The fourth-order valence-electron chi connectivity index (χ4n) is 2.78. The standard InChI is InChI=1S/C22H15N3O3S/c26-20-19(13-15-9-11-23-12-10-15)29-22(25(20)18-7-2-1-3-8-18)24-17-6-4-5-16(14-17)21(27)28/h1-14H,(H,27,28)/b19-13-,24-22?. The highest BCUT2D eigenvalue weighted by Crippen LogP contribution is 2.37. The van der Waals surface area contributed by atoms with E-state index < -0.39 is 5.97 Å². The number of aliphatic imine (C=N–C) groups is 1. The fraction of sp³-hybridized carbons (Fsp3) is 0. The summed E-state index contributed by atoms with van der Waals surface area (Å²) in [5.74, 6) is -1.22. The van der Waals surface area contributed by atoms with E-state index in [2.05, 4.69) is 9.98 Å². The number of carbonyl (C=O) groups excluding carboxylic acids is 1. The summed E-state index contributed by atoms with van der Waals surface area (Å²) in [6.07, 6.45) is 5.12. The first kappa shape index (κ1) is 18.6. The Hall–Kier alpha value is -3.71. The van der Waals surface area contributed by atoms with E-state index in [4.69, 9.17) is 0 Å². The molecule has 142 valence electrons. The van der Waals surface area contributed by atoms with Crippen LogP contribution in [-0.4, -0.2) is 27.1 Å². The van der Waals surface area contributed by atoms with Crippen LogP contribution in [0, 0.1) is 0 Å². The SMILES string of the molecule is O=C(O)c1cccc(N=C2S/C(=C\c3ccncc3)C(=O)N2c2ccccc2)c1. The van der Waals surface area contributed by atoms with Gasteiger partial charge < -0.3 is 5.11 Å². The normalized spacial score (nSPS) is 16.6. The third-order valence-electron chi connectivity index (χ3n) is 4.14. The van der Waals surface area contributed by atoms with Crippen LogP contribution >= 0.6 is 11.8 Å². The van der Waals surface area contributed by atoms with Crippen molar-refractivity contribution in [2.75, 3.05) is 4.90 Å². The highest BCUT2D eigenvalue weighted by atomic mass is 32.2. The lowest BCUT2D eigenvalue weighted by atomic mass is 10.2. The third kappa shape index (κ3) is 4.09. The molecule has 0 bridgehead atoms. The molecule has 1 saturated heterocycles. The topological polar surface area (TPSA) is 82.9 Å². The molecule has 3 aromatic rings. The minimum Gasteiger partial charge on any atom is -0.478 e. The molecule has 0 spiro atoms. The maximum atomic E-state index is 13.1. The van der Waals surface area contributed by atoms with Crippen LogP contribution in [0.2, 0.25) is 0 Å². The molecule has 7 heteroatoms. The molecule has 1 aromatic heterocycles. The van der Waals surface area contributed by atoms with Gasteiger partial charge in [-0.25, -0.2) is 9.79 Å². The number of hydrogen-bond acceptors (Lipinski definition) is 5. The van der Waals surface area contributed by atoms with Crippen LogP contribution in [0.5, 0.6) is 0 Å². The van der Waals surface area contributed by atoms with Crippen LogP contribution in [0.15, 0.2) is 89.0 Å². The summed E-state index contributed by atoms with van der Waals surface area (Å²) in [5.41, 5.74) is 2.15. The molecule has 1 aliphatic heterocycles. The van der Waals surface area contributed by atoms with E-state index in [9.17, 15) is 14.7 Å². The smallest absolute Gasteiger partial charge is 0.335 e. The predicted molar refractivity (Wildman–Crippen MR) is 114 cm³/mol. The molecule has 1 aliphatic rings. The van der Waals surface area contributed by atoms with Crippen molar-refractivity contribution >= 4 is 46.3 Å². The third-order valence-corrected chi connectivity index (χ3v) is 5.11. The number of benzene rings is 2. The molecule has 0 atom stereocenters. The van der Waals surface area contributed by atoms with Crippen LogP contribution in [0.4, 0.5) is 11.4 Å². The number of carboxylic acids is 1. The van der Waals surface area contributed by atoms with Crippen molar-refractivity contribution in [1.29, 1.82) is 0 Å². The summed E-state index contributed by atoms with van der Waals surface area (Å²) in [5, 5.41) is 9.68. The zero-order valence-electron chi connectivity index (χ0n) is 15.1. The lowest BCUT2D eigenvalue weighted by molar-refractivity contribution is -0.113. The van der Waals surface area contributed by atoms with E-state index in [1.54, 1.807) is 30.6 Å². The Morgan fingerprint density at radius 1 is 1.03 bits per heavy atom. The number of amides is 1. The summed E-state index contributed by atoms with van der Waals surface area (Å²) in [6.45, 7) is 0. The maximum absolute atomic E-state index is 13.1. The van der Waals surface area contributed by atoms with Crippen molar-refractivity contribution in [1.82, 2.24) is 4.98 Å². The second-order valence-electron chi connectivity index (χ2n) is 6.12. The Labute approximate surface area is 171 Å². The number of aromatic nitrogens is 1. The molecule has 1 fully saturated rings. The highest BCUT2D eigenvalue weighted by Gasteiger charge is 2.34. The van der Waals surface area contributed by atoms with Gasteiger partial charge in [0, 0.05) is 12.4 Å². The molecule has 0 saturated carbocycles. The van der Waals surface area contributed by atoms with Crippen molar-refractivity contribution in [2.45, 2.75) is 0 Å². The van der Waals surface area contributed by atoms with Gasteiger partial charge in [0.2, 0.25) is 0 Å². The average molecular weight is 401 g/mol. The van der Waals surface area contributed by atoms with Crippen molar-refractivity contribution in [3.8, 4) is 0 Å². The molecular formula is C22H15N3O3S. The number of aromatic carboxylic acids is 1. The van der Waals surface area contributed by atoms with Crippen LogP contribution < -0.4 is 4.90 Å². The molecule has 4 rings (SSSR count). The van der Waals surface area contributed by atoms with Crippen molar-refractivity contribution in [2.24, 2.45) is 4.99 Å². The Morgan fingerprint density at radius 2 is 1.79 bits per heavy atom. The molecule has 29 heavy (non-hydrogen) atoms. The van der Waals surface area contributed by atoms with Gasteiger partial charge in [0.15, 0.2) is 5.17 Å². The minimum atomic E-state index is -1.03. The number of nitrogens with zero attached hydrogens (tertiary/aromatic N) is 3. The van der Waals surface area contributed by atoms with E-state index in [0.29, 0.717) is 21.4 Å². The Morgan fingerprint density at radius 3 is 2.52 bits per heavy atom. The van der Waals surface area contributed by atoms with Gasteiger partial charge in [-0.15, -0.1) is 0 Å². The van der Waals surface area contributed by atoms with Gasteiger partial charge in [-0.1, -0.05) is 24.3 Å². The summed E-state index contributed by atoms with van der Waals surface area (Å²) in [4.78, 5) is 35.0. The average Bonchev–Trinajstić information content (AvgIpc) is 3.04. The van der Waals surface area contributed by atoms with E-state index in [-0.39, 0.29) is 11.5 Å². The summed E-state index contributed by atoms with van der Waals surface area (Å²) < 4.78 is 0. The van der Waals surface area contributed by atoms with Gasteiger partial charge in [-0.3, -0.25) is 14.7 Å². The lowest BCUT2D eigenvalue weighted by Crippen LogP contribution is -2.28. The number of pyridine rings is 1. The Balaban J connectivity index is 1.78. The number of thioether (sulfide) groups is 1. The van der Waals surface area contributed by atoms with E-state index >= 15 is 0 Å². The second-order valence-corrected chi connectivity index (χ2v) is 7.13. The number of hydrogen-bond donors (Lipinski definition) is 1. The second kappa shape index (κ2) is 8.12. The van der Waals surface area contributed by atoms with E-state index in [1.165, 1.54) is 28.8 Å². The van der Waals surface area contributed by atoms with Gasteiger partial charge in [-0.2, -0.15) is 0 Å². The number of para-hydroxylation sites is 1. The first-order chi connectivity index (χ1) is 14.1. The van der Waals surface area contributed by atoms with Gasteiger partial charge in [-0.05, 0) is 65.9 Å². The molecule has 0 radical (unpaired) electrons. The molecule has 2 heterocycles. The zero-order valence-corrected chi connectivity index (χ0v) is 15.9. The van der Waals surface area contributed by atoms with Gasteiger partial charge >= 0.3 is 5.97 Å². The molecular weight excluding hydrogens is 386 g/mol. The van der Waals surface area contributed by atoms with E-state index in [0.717, 1.165) is 5.56 Å². The highest BCUT2D eigenvalue weighted by molar-refractivity contribution is 8.19. The molecule has 0 unspecified atom stereocenters. The predicted octanol–water partition coefficient (Wildman–Crippen LogP) is 4.59. The van der Waals surface area contributed by atoms with Crippen LogP contribution in [0.3, 0.4) is 0 Å². The van der Waals surface area contributed by atoms with Gasteiger partial charge in [0.05, 0.1) is 21.8 Å². The number of amidine groups is 1. The van der Waals surface area contributed by atoms with Crippen molar-refractivity contribution in [3.05, 3.63) is 95.2 Å². The van der Waals surface area contributed by atoms with E-state index in [1.807, 2.05) is 42.5 Å². The summed E-state index contributed by atoms with van der Waals surface area (Å²) in [7, 11) is 0. The van der Waals surface area contributed by atoms with Crippen molar-refractivity contribution in [3.63, 3.8) is 0 Å². The quantitative estimate of drug-likeness (QED) is 0.647.